The molecule has 8 rings (SSSR count). The molecule has 24 heteroatoms. The smallest absolute Gasteiger partial charge is 0.339 e. The average molecular weight is 1140 g/mol. The molecule has 8 aromatic rings. The molecule has 0 bridgehead atoms. The van der Waals surface area contributed by atoms with Gasteiger partial charge in [-0.2, -0.15) is 0 Å². The van der Waals surface area contributed by atoms with Crippen LogP contribution in [0.25, 0.3) is 22.5 Å². The summed E-state index contributed by atoms with van der Waals surface area (Å²) in [7, 11) is 12.1. The van der Waals surface area contributed by atoms with Gasteiger partial charge in [0.25, 0.3) is 5.56 Å². The average Bonchev–Trinajstić information content (AvgIpc) is 4.34. The lowest BCUT2D eigenvalue weighted by Gasteiger charge is -2.11. The number of aliphatic hydroxyl groups is 1. The molecule has 0 aliphatic heterocycles. The number of hydrogen-bond donors (Lipinski definition) is 7. The number of aromatic amines is 3. The number of ether oxygens (including phenoxy) is 10. The number of H-pyrrole nitrogens is 3. The maximum Gasteiger partial charge on any atom is 0.339 e. The number of aliphatic hydroxyl groups excluding tert-OH is 1. The Morgan fingerprint density at radius 1 is 0.549 bits per heavy atom. The molecule has 2 heterocycles. The van der Waals surface area contributed by atoms with E-state index >= 15 is 0 Å². The summed E-state index contributed by atoms with van der Waals surface area (Å²) in [5, 5.41) is 29.5. The van der Waals surface area contributed by atoms with Gasteiger partial charge in [-0.1, -0.05) is 60.7 Å². The summed E-state index contributed by atoms with van der Waals surface area (Å²) in [5.41, 5.74) is 4.01. The summed E-state index contributed by atoms with van der Waals surface area (Å²) in [6.45, 7) is 1.81. The number of benzene rings is 6. The maximum atomic E-state index is 13.6. The van der Waals surface area contributed by atoms with Crippen LogP contribution in [0.3, 0.4) is 0 Å². The van der Waals surface area contributed by atoms with Crippen molar-refractivity contribution in [2.24, 2.45) is 11.7 Å². The Labute approximate surface area is 471 Å². The van der Waals surface area contributed by atoms with E-state index in [1.807, 2.05) is 30.3 Å². The van der Waals surface area contributed by atoms with Crippen LogP contribution in [-0.4, -0.2) is 112 Å². The molecule has 0 unspecified atom stereocenters. The fraction of sp³-hybridized carbons (Fsp3) is 0.224. The lowest BCUT2D eigenvalue weighted by molar-refractivity contribution is -0.141. The second-order valence-corrected chi connectivity index (χ2v) is 15.8. The van der Waals surface area contributed by atoms with Crippen molar-refractivity contribution in [2.45, 2.75) is 26.6 Å². The molecule has 0 radical (unpaired) electrons. The molecule has 0 fully saturated rings. The number of aromatic carboxylic acids is 1. The predicted molar refractivity (Wildman–Crippen MR) is 300 cm³/mol. The lowest BCUT2D eigenvalue weighted by atomic mass is 10.1. The number of nitrogens with two attached hydrogens (primary N) is 2. The number of nitrogens with one attached hydrogen (secondary N) is 3. The molecule has 0 amide bonds. The van der Waals surface area contributed by atoms with Crippen molar-refractivity contribution in [3.63, 3.8) is 0 Å². The van der Waals surface area contributed by atoms with Crippen molar-refractivity contribution < 1.29 is 80.7 Å². The van der Waals surface area contributed by atoms with Gasteiger partial charge in [-0.15, -0.1) is 5.10 Å². The van der Waals surface area contributed by atoms with Crippen molar-refractivity contribution in [1.82, 2.24) is 20.4 Å². The van der Waals surface area contributed by atoms with Crippen molar-refractivity contribution in [3.05, 3.63) is 178 Å². The number of hydrazine groups is 1. The molecular weight excluding hydrogens is 1070 g/mol. The number of hydrogen-bond acceptors (Lipinski definition) is 18. The van der Waals surface area contributed by atoms with Crippen LogP contribution in [-0.2, 0) is 22.7 Å². The fourth-order valence-corrected chi connectivity index (χ4v) is 7.19. The summed E-state index contributed by atoms with van der Waals surface area (Å²) in [6.07, 6.45) is -0.308. The third kappa shape index (κ3) is 19.2. The van der Waals surface area contributed by atoms with Crippen molar-refractivity contribution >= 4 is 17.7 Å². The highest BCUT2D eigenvalue weighted by Crippen LogP contribution is 2.39. The van der Waals surface area contributed by atoms with Crippen molar-refractivity contribution in [1.29, 1.82) is 0 Å². The summed E-state index contributed by atoms with van der Waals surface area (Å²) >= 11 is 0. The van der Waals surface area contributed by atoms with E-state index in [4.69, 9.17) is 57.6 Å². The van der Waals surface area contributed by atoms with Gasteiger partial charge in [-0.25, -0.2) is 13.6 Å². The predicted octanol–water partition coefficient (Wildman–Crippen LogP) is 8.58. The Kier molecular flexibility index (Phi) is 28.8. The molecule has 0 aliphatic rings. The molecule has 0 saturated heterocycles. The molecule has 6 aromatic carbocycles. The van der Waals surface area contributed by atoms with Crippen LogP contribution in [0.2, 0.25) is 0 Å². The monoisotopic (exact) mass is 1140 g/mol. The molecule has 0 saturated carbocycles. The van der Waals surface area contributed by atoms with E-state index in [2.05, 4.69) is 32.1 Å². The quantitative estimate of drug-likeness (QED) is 0.0131. The molecule has 9 N–H and O–H groups in total. The number of carbonyl (C=O) groups is 3. The highest BCUT2D eigenvalue weighted by molar-refractivity contribution is 6.08. The van der Waals surface area contributed by atoms with E-state index in [0.717, 1.165) is 11.1 Å². The van der Waals surface area contributed by atoms with Crippen LogP contribution in [0.1, 0.15) is 45.2 Å². The number of halogens is 2. The lowest BCUT2D eigenvalue weighted by Crippen LogP contribution is -2.12. The van der Waals surface area contributed by atoms with Gasteiger partial charge in [0.05, 0.1) is 87.0 Å². The summed E-state index contributed by atoms with van der Waals surface area (Å²) < 4.78 is 77.6. The van der Waals surface area contributed by atoms with Gasteiger partial charge in [0.15, 0.2) is 51.8 Å². The van der Waals surface area contributed by atoms with E-state index in [0.29, 0.717) is 74.2 Å². The van der Waals surface area contributed by atoms with Crippen molar-refractivity contribution in [3.8, 4) is 74.4 Å². The number of aromatic nitrogens is 4. The molecule has 0 aliphatic carbocycles. The first-order valence-electron chi connectivity index (χ1n) is 24.3. The first-order valence-corrected chi connectivity index (χ1v) is 24.3. The molecular formula is C58H66F2N6O16. The van der Waals surface area contributed by atoms with E-state index in [9.17, 15) is 28.0 Å². The number of esters is 1. The number of Topliss-reactive ketones (excluding diaryl/α,β-unsaturated/α-hetero) is 1. The third-order valence-corrected chi connectivity index (χ3v) is 10.9. The van der Waals surface area contributed by atoms with Crippen LogP contribution in [0, 0.1) is 11.6 Å². The van der Waals surface area contributed by atoms with Crippen LogP contribution in [0.15, 0.2) is 138 Å². The minimum atomic E-state index is -1.03. The molecule has 2 aromatic heterocycles. The Morgan fingerprint density at radius 2 is 1.00 bits per heavy atom. The second kappa shape index (κ2) is 35.6. The Balaban J connectivity index is 0.000000275. The zero-order valence-corrected chi connectivity index (χ0v) is 46.5. The highest BCUT2D eigenvalue weighted by Gasteiger charge is 2.20. The number of nitrogens with zero attached hydrogens (tertiary/aromatic N) is 1. The van der Waals surface area contributed by atoms with E-state index in [-0.39, 0.29) is 60.5 Å². The molecule has 82 heavy (non-hydrogen) atoms. The zero-order chi connectivity index (χ0) is 60.6. The number of carboxylic acid groups (broad SMARTS) is 1. The Morgan fingerprint density at radius 3 is 1.43 bits per heavy atom. The number of methoxy groups -OCH3 is 8. The van der Waals surface area contributed by atoms with E-state index in [1.54, 1.807) is 114 Å². The molecule has 0 atom stereocenters. The number of para-hydroxylation sites is 4. The normalized spacial score (nSPS) is 9.78. The SMILES string of the molecule is CCOC(=O)CC(=O)c1cccc(OC)c1OC.COc1cccc(-c2cc(=O)[nH][nH]2)c1OC.COc1cccc(-c2cc(OCc3ccccc3F)n[nH]2)c1OC.COc1cccc(C(=O)O)c1OC.NN.OCc1ccccc1F. The van der Waals surface area contributed by atoms with Crippen LogP contribution >= 0.6 is 0 Å². The highest BCUT2D eigenvalue weighted by atomic mass is 19.1. The minimum Gasteiger partial charge on any atom is -0.493 e. The summed E-state index contributed by atoms with van der Waals surface area (Å²) in [5.74, 6) is 9.68. The molecule has 438 valence electrons. The van der Waals surface area contributed by atoms with Crippen LogP contribution in [0.4, 0.5) is 8.78 Å². The van der Waals surface area contributed by atoms with Gasteiger partial charge in [0, 0.05) is 34.4 Å². The third-order valence-electron chi connectivity index (χ3n) is 10.9. The fourth-order valence-electron chi connectivity index (χ4n) is 7.19. The zero-order valence-electron chi connectivity index (χ0n) is 46.5. The van der Waals surface area contributed by atoms with Crippen LogP contribution < -0.4 is 59.9 Å². The maximum absolute atomic E-state index is 13.6. The standard InChI is InChI=1S/C18H17FN2O3.C13H16O5.C11H12N2O3.C9H10O4.C7H7FO.H4N2/c1-22-16-9-5-7-13(18(16)23-2)15-10-17(21-20-15)24-11-12-6-3-4-8-14(12)19;1-4-18-12(15)8-10(14)9-6-5-7-11(16-2)13(9)17-3;1-15-9-5-3-4-7(11(9)16-2)8-6-10(14)13-12-8;1-12-7-5-3-4-6(9(10)11)8(7)13-2;8-7-4-2-1-3-6(7)5-9;1-2/h3-10H,11H2,1-2H3,(H,20,21);5-7H,4,8H2,1-3H3;3-6H,1-2H3,(H2,12,13,14);3-5H,1-2H3,(H,10,11);1-4,9H,5H2;1-2H2. The number of ketones is 1. The molecule has 22 nitrogen and oxygen atoms in total. The van der Waals surface area contributed by atoms with Gasteiger partial charge in [0.2, 0.25) is 5.88 Å². The molecule has 0 spiro atoms. The second-order valence-electron chi connectivity index (χ2n) is 15.8. The summed E-state index contributed by atoms with van der Waals surface area (Å²) in [4.78, 5) is 45.0. The van der Waals surface area contributed by atoms with Crippen molar-refractivity contribution in [2.75, 3.05) is 63.5 Å². The first kappa shape index (κ1) is 66.4. The minimum absolute atomic E-state index is 0.0989. The number of rotatable bonds is 19. The summed E-state index contributed by atoms with van der Waals surface area (Å²) in [6, 6.07) is 36.5. The number of carboxylic acids is 1. The van der Waals surface area contributed by atoms with Gasteiger partial charge >= 0.3 is 11.9 Å². The van der Waals surface area contributed by atoms with Gasteiger partial charge in [-0.05, 0) is 67.6 Å². The Hall–Kier alpha value is -9.91. The van der Waals surface area contributed by atoms with E-state index < -0.39 is 11.9 Å². The van der Waals surface area contributed by atoms with Gasteiger partial charge in [0.1, 0.15) is 30.2 Å². The largest absolute Gasteiger partial charge is 0.493 e. The first-order chi connectivity index (χ1) is 39.7. The Bertz CT molecular complexity index is 3310. The van der Waals surface area contributed by atoms with Gasteiger partial charge < -0.3 is 57.6 Å². The van der Waals surface area contributed by atoms with Gasteiger partial charge in [-0.3, -0.25) is 41.4 Å². The number of carbonyl (C=O) groups excluding carboxylic acids is 2. The topological polar surface area (TPSA) is 313 Å². The van der Waals surface area contributed by atoms with E-state index in [1.165, 1.54) is 52.7 Å². The van der Waals surface area contributed by atoms with Crippen LogP contribution in [0.5, 0.6) is 51.9 Å².